The maximum atomic E-state index is 12.7. The molecule has 1 aromatic rings. The monoisotopic (exact) mass is 259 g/mol. The zero-order valence-corrected chi connectivity index (χ0v) is 10.4. The van der Waals surface area contributed by atoms with Crippen molar-refractivity contribution in [2.75, 3.05) is 17.7 Å². The van der Waals surface area contributed by atoms with Gasteiger partial charge in [0.2, 0.25) is 0 Å². The molecule has 1 saturated carbocycles. The lowest BCUT2D eigenvalue weighted by Crippen LogP contribution is -2.42. The lowest BCUT2D eigenvalue weighted by Gasteiger charge is -2.39. The summed E-state index contributed by atoms with van der Waals surface area (Å²) >= 11 is 0. The van der Waals surface area contributed by atoms with Crippen LogP contribution >= 0.6 is 0 Å². The number of halogens is 3. The van der Waals surface area contributed by atoms with E-state index in [-0.39, 0.29) is 17.2 Å². The molecule has 0 spiro atoms. The summed E-state index contributed by atoms with van der Waals surface area (Å²) in [6.45, 7) is 2.00. The largest absolute Gasteiger partial charge is 0.416 e. The SMILES string of the molecule is CNc1cc(C(F)(F)F)cc(NC2(C)CCC2)n1. The minimum Gasteiger partial charge on any atom is -0.373 e. The summed E-state index contributed by atoms with van der Waals surface area (Å²) in [6, 6.07) is 2.07. The number of anilines is 2. The molecule has 1 aliphatic rings. The summed E-state index contributed by atoms with van der Waals surface area (Å²) in [5.74, 6) is 0.492. The number of rotatable bonds is 3. The number of aromatic nitrogens is 1. The van der Waals surface area contributed by atoms with E-state index in [1.165, 1.54) is 0 Å². The first kappa shape index (κ1) is 13.0. The Balaban J connectivity index is 2.29. The molecule has 18 heavy (non-hydrogen) atoms. The van der Waals surface area contributed by atoms with Gasteiger partial charge >= 0.3 is 6.18 Å². The summed E-state index contributed by atoms with van der Waals surface area (Å²) in [6.07, 6.45) is -1.34. The average molecular weight is 259 g/mol. The van der Waals surface area contributed by atoms with E-state index < -0.39 is 11.7 Å². The molecule has 0 bridgehead atoms. The predicted octanol–water partition coefficient (Wildman–Crippen LogP) is 3.50. The minimum atomic E-state index is -4.36. The molecule has 0 unspecified atom stereocenters. The first-order valence-corrected chi connectivity index (χ1v) is 5.88. The van der Waals surface area contributed by atoms with Crippen molar-refractivity contribution in [1.29, 1.82) is 0 Å². The quantitative estimate of drug-likeness (QED) is 0.872. The third-order valence-corrected chi connectivity index (χ3v) is 3.30. The molecule has 0 atom stereocenters. The molecule has 100 valence electrons. The molecular formula is C12H16F3N3. The molecule has 1 aliphatic carbocycles. The Kier molecular flexibility index (Phi) is 3.12. The van der Waals surface area contributed by atoms with Crippen LogP contribution in [-0.2, 0) is 6.18 Å². The second kappa shape index (κ2) is 4.33. The number of nitrogens with one attached hydrogen (secondary N) is 2. The van der Waals surface area contributed by atoms with Crippen molar-refractivity contribution in [2.45, 2.75) is 37.9 Å². The average Bonchev–Trinajstić information content (AvgIpc) is 2.25. The molecule has 3 nitrogen and oxygen atoms in total. The Morgan fingerprint density at radius 1 is 1.22 bits per heavy atom. The first-order chi connectivity index (χ1) is 8.32. The Morgan fingerprint density at radius 2 is 1.83 bits per heavy atom. The van der Waals surface area contributed by atoms with Gasteiger partial charge in [0.05, 0.1) is 5.56 Å². The van der Waals surface area contributed by atoms with Crippen LogP contribution in [0.15, 0.2) is 12.1 Å². The van der Waals surface area contributed by atoms with Crippen LogP contribution < -0.4 is 10.6 Å². The first-order valence-electron chi connectivity index (χ1n) is 5.88. The van der Waals surface area contributed by atoms with Crippen molar-refractivity contribution < 1.29 is 13.2 Å². The van der Waals surface area contributed by atoms with E-state index >= 15 is 0 Å². The highest BCUT2D eigenvalue weighted by molar-refractivity contribution is 5.51. The molecule has 0 amide bonds. The van der Waals surface area contributed by atoms with Crippen molar-refractivity contribution in [3.8, 4) is 0 Å². The topological polar surface area (TPSA) is 37.0 Å². The second-order valence-corrected chi connectivity index (χ2v) is 4.91. The van der Waals surface area contributed by atoms with Crippen molar-refractivity contribution >= 4 is 11.6 Å². The molecule has 0 radical (unpaired) electrons. The molecule has 1 aromatic heterocycles. The van der Waals surface area contributed by atoms with Gasteiger partial charge in [-0.2, -0.15) is 13.2 Å². The maximum absolute atomic E-state index is 12.7. The van der Waals surface area contributed by atoms with Crippen molar-refractivity contribution in [1.82, 2.24) is 4.98 Å². The van der Waals surface area contributed by atoms with Crippen molar-refractivity contribution in [3.63, 3.8) is 0 Å². The number of hydrogen-bond donors (Lipinski definition) is 2. The van der Waals surface area contributed by atoms with E-state index in [1.54, 1.807) is 7.05 Å². The highest BCUT2D eigenvalue weighted by atomic mass is 19.4. The van der Waals surface area contributed by atoms with Crippen LogP contribution in [0, 0.1) is 0 Å². The predicted molar refractivity (Wildman–Crippen MR) is 64.7 cm³/mol. The van der Waals surface area contributed by atoms with Crippen LogP contribution in [0.5, 0.6) is 0 Å². The summed E-state index contributed by atoms with van der Waals surface area (Å²) in [4.78, 5) is 4.11. The van der Waals surface area contributed by atoms with Gasteiger partial charge in [0.15, 0.2) is 0 Å². The molecule has 6 heteroatoms. The summed E-state index contributed by atoms with van der Waals surface area (Å²) in [7, 11) is 1.55. The van der Waals surface area contributed by atoms with E-state index in [4.69, 9.17) is 0 Å². The molecule has 0 saturated heterocycles. The number of pyridine rings is 1. The summed E-state index contributed by atoms with van der Waals surface area (Å²) < 4.78 is 38.2. The Bertz CT molecular complexity index is 439. The fraction of sp³-hybridized carbons (Fsp3) is 0.583. The van der Waals surface area contributed by atoms with Crippen LogP contribution in [0.2, 0.25) is 0 Å². The Morgan fingerprint density at radius 3 is 2.28 bits per heavy atom. The van der Waals surface area contributed by atoms with E-state index in [1.807, 2.05) is 6.92 Å². The molecule has 0 aromatic carbocycles. The van der Waals surface area contributed by atoms with Crippen LogP contribution in [0.1, 0.15) is 31.7 Å². The lowest BCUT2D eigenvalue weighted by molar-refractivity contribution is -0.137. The van der Waals surface area contributed by atoms with Crippen molar-refractivity contribution in [3.05, 3.63) is 17.7 Å². The minimum absolute atomic E-state index is 0.123. The summed E-state index contributed by atoms with van der Waals surface area (Å²) in [5.41, 5.74) is -0.810. The highest BCUT2D eigenvalue weighted by Gasteiger charge is 2.34. The van der Waals surface area contributed by atoms with E-state index in [2.05, 4.69) is 15.6 Å². The van der Waals surface area contributed by atoms with Gasteiger partial charge in [-0.1, -0.05) is 0 Å². The fourth-order valence-corrected chi connectivity index (χ4v) is 2.03. The van der Waals surface area contributed by atoms with Gasteiger partial charge in [-0.15, -0.1) is 0 Å². The molecule has 1 heterocycles. The van der Waals surface area contributed by atoms with Crippen LogP contribution in [0.25, 0.3) is 0 Å². The zero-order chi connectivity index (χ0) is 13.4. The molecular weight excluding hydrogens is 243 g/mol. The summed E-state index contributed by atoms with van der Waals surface area (Å²) in [5, 5.41) is 5.74. The molecule has 2 N–H and O–H groups in total. The fourth-order valence-electron chi connectivity index (χ4n) is 2.03. The van der Waals surface area contributed by atoms with Crippen LogP contribution in [-0.4, -0.2) is 17.6 Å². The second-order valence-electron chi connectivity index (χ2n) is 4.91. The number of hydrogen-bond acceptors (Lipinski definition) is 3. The van der Waals surface area contributed by atoms with E-state index in [0.717, 1.165) is 31.4 Å². The number of nitrogens with zero attached hydrogens (tertiary/aromatic N) is 1. The molecule has 1 fully saturated rings. The van der Waals surface area contributed by atoms with Gasteiger partial charge in [0, 0.05) is 12.6 Å². The maximum Gasteiger partial charge on any atom is 0.416 e. The Hall–Kier alpha value is -1.46. The lowest BCUT2D eigenvalue weighted by atomic mass is 9.78. The Labute approximate surface area is 104 Å². The third-order valence-electron chi connectivity index (χ3n) is 3.30. The number of alkyl halides is 3. The molecule has 0 aliphatic heterocycles. The highest BCUT2D eigenvalue weighted by Crippen LogP contribution is 2.36. The van der Waals surface area contributed by atoms with Crippen LogP contribution in [0.3, 0.4) is 0 Å². The van der Waals surface area contributed by atoms with Crippen molar-refractivity contribution in [2.24, 2.45) is 0 Å². The van der Waals surface area contributed by atoms with Gasteiger partial charge in [0.1, 0.15) is 11.6 Å². The zero-order valence-electron chi connectivity index (χ0n) is 10.4. The van der Waals surface area contributed by atoms with E-state index in [9.17, 15) is 13.2 Å². The van der Waals surface area contributed by atoms with Gasteiger partial charge in [-0.25, -0.2) is 4.98 Å². The normalized spacial score (nSPS) is 18.1. The van der Waals surface area contributed by atoms with Gasteiger partial charge in [-0.3, -0.25) is 0 Å². The van der Waals surface area contributed by atoms with E-state index in [0.29, 0.717) is 0 Å². The third kappa shape index (κ3) is 2.68. The van der Waals surface area contributed by atoms with Crippen LogP contribution in [0.4, 0.5) is 24.8 Å². The van der Waals surface area contributed by atoms with Gasteiger partial charge in [0.25, 0.3) is 0 Å². The van der Waals surface area contributed by atoms with Gasteiger partial charge < -0.3 is 10.6 Å². The van der Waals surface area contributed by atoms with Gasteiger partial charge in [-0.05, 0) is 38.3 Å². The smallest absolute Gasteiger partial charge is 0.373 e. The standard InChI is InChI=1S/C12H16F3N3/c1-11(4-3-5-11)18-10-7-8(12(13,14)15)6-9(16-2)17-10/h6-7H,3-5H2,1-2H3,(H2,16,17,18). The molecule has 2 rings (SSSR count).